The number of nitrogens with two attached hydrogens (primary N) is 1. The van der Waals surface area contributed by atoms with Crippen molar-refractivity contribution in [3.05, 3.63) is 48.0 Å². The van der Waals surface area contributed by atoms with Crippen LogP contribution in [0, 0.1) is 6.92 Å². The van der Waals surface area contributed by atoms with Gasteiger partial charge in [-0.25, -0.2) is 4.98 Å². The Morgan fingerprint density at radius 1 is 1.00 bits per heavy atom. The van der Waals surface area contributed by atoms with Gasteiger partial charge in [0.05, 0.1) is 5.69 Å². The van der Waals surface area contributed by atoms with E-state index >= 15 is 0 Å². The van der Waals surface area contributed by atoms with E-state index in [1.807, 2.05) is 37.3 Å². The third-order valence-electron chi connectivity index (χ3n) is 3.33. The fourth-order valence-corrected chi connectivity index (χ4v) is 2.34. The van der Waals surface area contributed by atoms with Crippen LogP contribution in [-0.4, -0.2) is 4.98 Å². The first kappa shape index (κ1) is 11.1. The summed E-state index contributed by atoms with van der Waals surface area (Å²) in [5.74, 6) is 1.06. The van der Waals surface area contributed by atoms with Crippen molar-refractivity contribution in [1.29, 1.82) is 0 Å². The number of hydrogen-bond donors (Lipinski definition) is 1. The van der Waals surface area contributed by atoms with Crippen molar-refractivity contribution in [3.63, 3.8) is 0 Å². The first-order chi connectivity index (χ1) is 9.70. The zero-order chi connectivity index (χ0) is 13.7. The molecule has 4 nitrogen and oxygen atoms in total. The Morgan fingerprint density at radius 3 is 2.75 bits per heavy atom. The molecular weight excluding hydrogens is 252 g/mol. The topological polar surface area (TPSA) is 65.2 Å². The second-order valence-corrected chi connectivity index (χ2v) is 4.86. The van der Waals surface area contributed by atoms with Gasteiger partial charge in [-0.05, 0) is 37.3 Å². The zero-order valence-corrected chi connectivity index (χ0v) is 10.9. The van der Waals surface area contributed by atoms with Gasteiger partial charge < -0.3 is 14.6 Å². The molecule has 0 aliphatic heterocycles. The number of para-hydroxylation sites is 1. The summed E-state index contributed by atoms with van der Waals surface area (Å²) in [6.07, 6.45) is 0. The fraction of sp³-hybridized carbons (Fsp3) is 0.0625. The quantitative estimate of drug-likeness (QED) is 0.525. The molecule has 4 aromatic rings. The summed E-state index contributed by atoms with van der Waals surface area (Å²) >= 11 is 0. The summed E-state index contributed by atoms with van der Waals surface area (Å²) in [5, 5.41) is 1.04. The van der Waals surface area contributed by atoms with Crippen LogP contribution in [0.25, 0.3) is 33.7 Å². The lowest BCUT2D eigenvalue weighted by Gasteiger charge is -1.89. The number of hydrogen-bond acceptors (Lipinski definition) is 4. The van der Waals surface area contributed by atoms with Gasteiger partial charge in [0, 0.05) is 5.39 Å². The Bertz CT molecular complexity index is 934. The van der Waals surface area contributed by atoms with Crippen LogP contribution in [0.15, 0.2) is 51.3 Å². The van der Waals surface area contributed by atoms with E-state index < -0.39 is 0 Å². The summed E-state index contributed by atoms with van der Waals surface area (Å²) in [5.41, 5.74) is 9.83. The molecule has 0 radical (unpaired) electrons. The molecule has 2 aromatic carbocycles. The van der Waals surface area contributed by atoms with Crippen LogP contribution >= 0.6 is 0 Å². The van der Waals surface area contributed by atoms with Gasteiger partial charge in [-0.3, -0.25) is 0 Å². The highest BCUT2D eigenvalue weighted by molar-refractivity contribution is 5.88. The van der Waals surface area contributed by atoms with Gasteiger partial charge in [0.2, 0.25) is 0 Å². The van der Waals surface area contributed by atoms with Crippen molar-refractivity contribution in [2.24, 2.45) is 0 Å². The maximum atomic E-state index is 5.89. The molecule has 0 bridgehead atoms. The van der Waals surface area contributed by atoms with E-state index in [0.29, 0.717) is 28.4 Å². The number of anilines is 1. The van der Waals surface area contributed by atoms with E-state index in [-0.39, 0.29) is 0 Å². The van der Waals surface area contributed by atoms with E-state index in [2.05, 4.69) is 11.1 Å². The number of nitrogens with zero attached hydrogens (tertiary/aromatic N) is 1. The van der Waals surface area contributed by atoms with Crippen molar-refractivity contribution < 1.29 is 8.83 Å². The van der Waals surface area contributed by atoms with Crippen molar-refractivity contribution in [3.8, 4) is 11.7 Å². The maximum Gasteiger partial charge on any atom is 0.264 e. The highest BCUT2D eigenvalue weighted by Crippen LogP contribution is 2.31. The molecule has 0 aliphatic rings. The molecule has 0 saturated carbocycles. The van der Waals surface area contributed by atoms with Crippen LogP contribution in [-0.2, 0) is 0 Å². The highest BCUT2D eigenvalue weighted by atomic mass is 16.4. The van der Waals surface area contributed by atoms with Gasteiger partial charge in [-0.15, -0.1) is 0 Å². The summed E-state index contributed by atoms with van der Waals surface area (Å²) in [6, 6.07) is 13.5. The largest absolute Gasteiger partial charge is 0.451 e. The summed E-state index contributed by atoms with van der Waals surface area (Å²) in [6.45, 7) is 2.05. The Hall–Kier alpha value is -2.75. The van der Waals surface area contributed by atoms with Crippen LogP contribution in [0.4, 0.5) is 5.69 Å². The normalized spacial score (nSPS) is 11.4. The molecule has 0 atom stereocenters. The molecule has 2 heterocycles. The lowest BCUT2D eigenvalue weighted by Crippen LogP contribution is -1.84. The number of rotatable bonds is 1. The molecule has 4 rings (SSSR count). The first-order valence-corrected chi connectivity index (χ1v) is 6.36. The van der Waals surface area contributed by atoms with Gasteiger partial charge in [0.15, 0.2) is 11.3 Å². The van der Waals surface area contributed by atoms with E-state index in [0.717, 1.165) is 11.0 Å². The highest BCUT2D eigenvalue weighted by Gasteiger charge is 2.14. The predicted molar refractivity (Wildman–Crippen MR) is 78.4 cm³/mol. The minimum atomic E-state index is 0.451. The summed E-state index contributed by atoms with van der Waals surface area (Å²) < 4.78 is 11.5. The standard InChI is InChI=1S/C16H12N2O2/c1-9-5-6-12-10(7-9)8-14(19-12)16-18-15-11(17)3-2-4-13(15)20-16/h2-8H,17H2,1H3. The van der Waals surface area contributed by atoms with Crippen molar-refractivity contribution in [2.75, 3.05) is 5.73 Å². The monoisotopic (exact) mass is 264 g/mol. The third-order valence-corrected chi connectivity index (χ3v) is 3.33. The second-order valence-electron chi connectivity index (χ2n) is 4.86. The van der Waals surface area contributed by atoms with Crippen molar-refractivity contribution in [1.82, 2.24) is 4.98 Å². The van der Waals surface area contributed by atoms with Crippen LogP contribution in [0.1, 0.15) is 5.56 Å². The van der Waals surface area contributed by atoms with Crippen LogP contribution in [0.3, 0.4) is 0 Å². The van der Waals surface area contributed by atoms with E-state index in [4.69, 9.17) is 14.6 Å². The SMILES string of the molecule is Cc1ccc2oc(-c3nc4c(N)cccc4o3)cc2c1. The zero-order valence-electron chi connectivity index (χ0n) is 10.9. The molecule has 4 heteroatoms. The minimum Gasteiger partial charge on any atom is -0.451 e. The van der Waals surface area contributed by atoms with Crippen LogP contribution < -0.4 is 5.73 Å². The number of aryl methyl sites for hydroxylation is 1. The van der Waals surface area contributed by atoms with Crippen molar-refractivity contribution in [2.45, 2.75) is 6.92 Å². The number of oxazole rings is 1. The fourth-order valence-electron chi connectivity index (χ4n) is 2.34. The molecule has 0 fully saturated rings. The van der Waals surface area contributed by atoms with Gasteiger partial charge in [-0.1, -0.05) is 17.7 Å². The van der Waals surface area contributed by atoms with Gasteiger partial charge in [0.1, 0.15) is 11.1 Å². The number of nitrogen functional groups attached to an aromatic ring is 1. The smallest absolute Gasteiger partial charge is 0.264 e. The number of fused-ring (bicyclic) bond motifs is 2. The number of benzene rings is 2. The van der Waals surface area contributed by atoms with E-state index in [9.17, 15) is 0 Å². The maximum absolute atomic E-state index is 5.89. The van der Waals surface area contributed by atoms with Crippen molar-refractivity contribution >= 4 is 27.8 Å². The Balaban J connectivity index is 1.94. The van der Waals surface area contributed by atoms with Gasteiger partial charge in [-0.2, -0.15) is 0 Å². The second kappa shape index (κ2) is 3.87. The third kappa shape index (κ3) is 1.58. The van der Waals surface area contributed by atoms with E-state index in [1.165, 1.54) is 5.56 Å². The molecule has 98 valence electrons. The molecule has 2 aromatic heterocycles. The molecule has 0 saturated heterocycles. The molecule has 0 amide bonds. The molecule has 0 unspecified atom stereocenters. The minimum absolute atomic E-state index is 0.451. The molecule has 0 aliphatic carbocycles. The molecule has 20 heavy (non-hydrogen) atoms. The van der Waals surface area contributed by atoms with Gasteiger partial charge >= 0.3 is 0 Å². The number of aromatic nitrogens is 1. The Morgan fingerprint density at radius 2 is 1.90 bits per heavy atom. The average molecular weight is 264 g/mol. The lowest BCUT2D eigenvalue weighted by molar-refractivity contribution is 0.559. The average Bonchev–Trinajstić information content (AvgIpc) is 3.01. The number of furan rings is 1. The van der Waals surface area contributed by atoms with Crippen LogP contribution in [0.2, 0.25) is 0 Å². The molecule has 2 N–H and O–H groups in total. The molecule has 0 spiro atoms. The summed E-state index contributed by atoms with van der Waals surface area (Å²) in [4.78, 5) is 4.41. The van der Waals surface area contributed by atoms with Crippen LogP contribution in [0.5, 0.6) is 0 Å². The Kier molecular flexibility index (Phi) is 2.15. The van der Waals surface area contributed by atoms with E-state index in [1.54, 1.807) is 6.07 Å². The Labute approximate surface area is 114 Å². The summed E-state index contributed by atoms with van der Waals surface area (Å²) in [7, 11) is 0. The lowest BCUT2D eigenvalue weighted by atomic mass is 10.2. The predicted octanol–water partition coefficient (Wildman–Crippen LogP) is 4.13. The first-order valence-electron chi connectivity index (χ1n) is 6.36. The van der Waals surface area contributed by atoms with Gasteiger partial charge in [0.25, 0.3) is 5.89 Å². The molecular formula is C16H12N2O2.